The van der Waals surface area contributed by atoms with E-state index in [1.54, 1.807) is 14.2 Å². The van der Waals surface area contributed by atoms with Gasteiger partial charge in [-0.1, -0.05) is 6.92 Å². The van der Waals surface area contributed by atoms with Crippen molar-refractivity contribution in [1.29, 1.82) is 0 Å². The number of hydrogen-bond acceptors (Lipinski definition) is 4. The van der Waals surface area contributed by atoms with Crippen LogP contribution in [0.25, 0.3) is 0 Å². The monoisotopic (exact) mass is 218 g/mol. The average molecular weight is 218 g/mol. The van der Waals surface area contributed by atoms with Gasteiger partial charge in [0.15, 0.2) is 0 Å². The predicted octanol–water partition coefficient (Wildman–Crippen LogP) is 0.709. The Balaban J connectivity index is 3.67. The summed E-state index contributed by atoms with van der Waals surface area (Å²) in [5.41, 5.74) is 5.89. The summed E-state index contributed by atoms with van der Waals surface area (Å²) in [5.74, 6) is 0. The first-order valence-corrected chi connectivity index (χ1v) is 5.70. The molecule has 0 aromatic heterocycles. The van der Waals surface area contributed by atoms with Crippen molar-refractivity contribution < 1.29 is 9.47 Å². The predicted molar refractivity (Wildman–Crippen MR) is 63.1 cm³/mol. The van der Waals surface area contributed by atoms with Gasteiger partial charge in [-0.15, -0.1) is 0 Å². The summed E-state index contributed by atoms with van der Waals surface area (Å²) in [6.07, 6.45) is 2.09. The molecule has 2 N–H and O–H groups in total. The molecule has 0 fully saturated rings. The number of rotatable bonds is 10. The van der Waals surface area contributed by atoms with Gasteiger partial charge in [0.25, 0.3) is 0 Å². The van der Waals surface area contributed by atoms with Crippen LogP contribution in [0.4, 0.5) is 0 Å². The molecule has 4 nitrogen and oxygen atoms in total. The molecule has 0 spiro atoms. The van der Waals surface area contributed by atoms with Crippen LogP contribution < -0.4 is 5.73 Å². The van der Waals surface area contributed by atoms with Gasteiger partial charge in [0.1, 0.15) is 0 Å². The summed E-state index contributed by atoms with van der Waals surface area (Å²) in [7, 11) is 3.46. The van der Waals surface area contributed by atoms with Gasteiger partial charge in [-0.3, -0.25) is 4.90 Å². The van der Waals surface area contributed by atoms with Crippen LogP contribution in [0.2, 0.25) is 0 Å². The molecule has 0 aliphatic rings. The fraction of sp³-hybridized carbons (Fsp3) is 1.00. The minimum Gasteiger partial charge on any atom is -0.383 e. The first-order chi connectivity index (χ1) is 7.24. The van der Waals surface area contributed by atoms with E-state index in [2.05, 4.69) is 11.8 Å². The number of nitrogens with two attached hydrogens (primary N) is 1. The van der Waals surface area contributed by atoms with Crippen LogP contribution in [0.15, 0.2) is 0 Å². The van der Waals surface area contributed by atoms with Gasteiger partial charge in [-0.05, 0) is 19.4 Å². The van der Waals surface area contributed by atoms with Crippen molar-refractivity contribution in [2.75, 3.05) is 47.1 Å². The lowest BCUT2D eigenvalue weighted by Gasteiger charge is -2.22. The van der Waals surface area contributed by atoms with E-state index in [9.17, 15) is 0 Å². The molecule has 0 aliphatic carbocycles. The molecular weight excluding hydrogens is 192 g/mol. The molecule has 92 valence electrons. The fourth-order valence-electron chi connectivity index (χ4n) is 1.33. The molecule has 0 heterocycles. The quantitative estimate of drug-likeness (QED) is 0.586. The van der Waals surface area contributed by atoms with Crippen molar-refractivity contribution in [2.45, 2.75) is 25.8 Å². The van der Waals surface area contributed by atoms with E-state index >= 15 is 0 Å². The zero-order valence-electron chi connectivity index (χ0n) is 10.4. The summed E-state index contributed by atoms with van der Waals surface area (Å²) in [6.45, 7) is 6.60. The second kappa shape index (κ2) is 10.4. The molecule has 0 aliphatic heterocycles. The van der Waals surface area contributed by atoms with Crippen LogP contribution >= 0.6 is 0 Å². The van der Waals surface area contributed by atoms with Gasteiger partial charge in [0.05, 0.1) is 13.2 Å². The molecule has 0 amide bonds. The Morgan fingerprint density at radius 3 is 2.00 bits per heavy atom. The van der Waals surface area contributed by atoms with Crippen molar-refractivity contribution >= 4 is 0 Å². The Kier molecular flexibility index (Phi) is 10.3. The standard InChI is InChI=1S/C11H26N2O2/c1-4-11(12)5-6-13(7-9-14-2)8-10-15-3/h11H,4-10,12H2,1-3H3. The Bertz CT molecular complexity index is 126. The number of nitrogens with zero attached hydrogens (tertiary/aromatic N) is 1. The van der Waals surface area contributed by atoms with Crippen LogP contribution in [-0.2, 0) is 9.47 Å². The molecule has 0 radical (unpaired) electrons. The summed E-state index contributed by atoms with van der Waals surface area (Å²) >= 11 is 0. The first-order valence-electron chi connectivity index (χ1n) is 5.70. The van der Waals surface area contributed by atoms with Gasteiger partial charge in [-0.2, -0.15) is 0 Å². The highest BCUT2D eigenvalue weighted by atomic mass is 16.5. The lowest BCUT2D eigenvalue weighted by Crippen LogP contribution is -2.34. The van der Waals surface area contributed by atoms with Crippen LogP contribution in [0, 0.1) is 0 Å². The lowest BCUT2D eigenvalue weighted by atomic mass is 10.1. The first kappa shape index (κ1) is 14.8. The maximum atomic E-state index is 5.89. The van der Waals surface area contributed by atoms with E-state index < -0.39 is 0 Å². The van der Waals surface area contributed by atoms with Crippen molar-refractivity contribution in [3.05, 3.63) is 0 Å². The number of methoxy groups -OCH3 is 2. The Hall–Kier alpha value is -0.160. The van der Waals surface area contributed by atoms with E-state index in [1.807, 2.05) is 0 Å². The Morgan fingerprint density at radius 2 is 1.60 bits per heavy atom. The molecular formula is C11H26N2O2. The van der Waals surface area contributed by atoms with Crippen LogP contribution in [0.5, 0.6) is 0 Å². The molecule has 15 heavy (non-hydrogen) atoms. The van der Waals surface area contributed by atoms with E-state index in [0.717, 1.165) is 45.7 Å². The van der Waals surface area contributed by atoms with Crippen LogP contribution in [0.1, 0.15) is 19.8 Å². The smallest absolute Gasteiger partial charge is 0.0589 e. The third-order valence-corrected chi connectivity index (χ3v) is 2.56. The fourth-order valence-corrected chi connectivity index (χ4v) is 1.33. The van der Waals surface area contributed by atoms with Crippen molar-refractivity contribution in [1.82, 2.24) is 4.90 Å². The third kappa shape index (κ3) is 8.81. The highest BCUT2D eigenvalue weighted by Crippen LogP contribution is 1.98. The molecule has 0 aromatic rings. The zero-order valence-corrected chi connectivity index (χ0v) is 10.4. The molecule has 0 rings (SSSR count). The highest BCUT2D eigenvalue weighted by molar-refractivity contribution is 4.64. The second-order valence-corrected chi connectivity index (χ2v) is 3.78. The molecule has 0 saturated heterocycles. The van der Waals surface area contributed by atoms with Gasteiger partial charge in [0, 0.05) is 33.4 Å². The van der Waals surface area contributed by atoms with E-state index in [4.69, 9.17) is 15.2 Å². The Morgan fingerprint density at radius 1 is 1.07 bits per heavy atom. The zero-order chi connectivity index (χ0) is 11.5. The molecule has 0 saturated carbocycles. The van der Waals surface area contributed by atoms with E-state index in [1.165, 1.54) is 0 Å². The van der Waals surface area contributed by atoms with Crippen molar-refractivity contribution in [3.8, 4) is 0 Å². The minimum atomic E-state index is 0.317. The van der Waals surface area contributed by atoms with Crippen LogP contribution in [-0.4, -0.2) is 58.0 Å². The normalized spacial score (nSPS) is 13.4. The number of ether oxygens (including phenoxy) is 2. The summed E-state index contributed by atoms with van der Waals surface area (Å²) in [4.78, 5) is 2.34. The van der Waals surface area contributed by atoms with Gasteiger partial charge in [0.2, 0.25) is 0 Å². The highest BCUT2D eigenvalue weighted by Gasteiger charge is 2.06. The summed E-state index contributed by atoms with van der Waals surface area (Å²) in [6, 6.07) is 0.317. The van der Waals surface area contributed by atoms with Crippen molar-refractivity contribution in [2.24, 2.45) is 5.73 Å². The minimum absolute atomic E-state index is 0.317. The van der Waals surface area contributed by atoms with Crippen molar-refractivity contribution in [3.63, 3.8) is 0 Å². The van der Waals surface area contributed by atoms with Gasteiger partial charge in [-0.25, -0.2) is 0 Å². The van der Waals surface area contributed by atoms with E-state index in [0.29, 0.717) is 6.04 Å². The maximum absolute atomic E-state index is 5.89. The maximum Gasteiger partial charge on any atom is 0.0589 e. The topological polar surface area (TPSA) is 47.7 Å². The molecule has 0 aromatic carbocycles. The lowest BCUT2D eigenvalue weighted by molar-refractivity contribution is 0.112. The molecule has 0 bridgehead atoms. The Labute approximate surface area is 93.7 Å². The average Bonchev–Trinajstić information content (AvgIpc) is 2.27. The van der Waals surface area contributed by atoms with Crippen LogP contribution in [0.3, 0.4) is 0 Å². The largest absolute Gasteiger partial charge is 0.383 e. The SMILES string of the molecule is CCC(N)CCN(CCOC)CCOC. The summed E-state index contributed by atoms with van der Waals surface area (Å²) < 4.78 is 10.1. The molecule has 1 unspecified atom stereocenters. The molecule has 4 heteroatoms. The third-order valence-electron chi connectivity index (χ3n) is 2.56. The molecule has 1 atom stereocenters. The number of hydrogen-bond donors (Lipinski definition) is 1. The van der Waals surface area contributed by atoms with Gasteiger partial charge >= 0.3 is 0 Å². The van der Waals surface area contributed by atoms with Gasteiger partial charge < -0.3 is 15.2 Å². The van der Waals surface area contributed by atoms with E-state index in [-0.39, 0.29) is 0 Å². The second-order valence-electron chi connectivity index (χ2n) is 3.78. The summed E-state index contributed by atoms with van der Waals surface area (Å²) in [5, 5.41) is 0.